The lowest BCUT2D eigenvalue weighted by Gasteiger charge is -2.30. The lowest BCUT2D eigenvalue weighted by molar-refractivity contribution is 0.0346. The van der Waals surface area contributed by atoms with E-state index in [1.54, 1.807) is 0 Å². The maximum atomic E-state index is 12.6. The molecule has 2 aliphatic rings. The molecule has 0 saturated carbocycles. The zero-order chi connectivity index (χ0) is 18.2. The molecule has 1 N–H and O–H groups in total. The molecule has 0 aliphatic carbocycles. The fourth-order valence-electron chi connectivity index (χ4n) is 3.08. The molecule has 0 atom stereocenters. The predicted molar refractivity (Wildman–Crippen MR) is 98.5 cm³/mol. The van der Waals surface area contributed by atoms with E-state index in [1.807, 2.05) is 23.1 Å². The Kier molecular flexibility index (Phi) is 6.96. The molecule has 7 nitrogen and oxygen atoms in total. The van der Waals surface area contributed by atoms with Gasteiger partial charge in [0, 0.05) is 39.3 Å². The van der Waals surface area contributed by atoms with Gasteiger partial charge in [0.15, 0.2) is 11.5 Å². The number of carbonyl (C=O) groups is 1. The molecular formula is C19H29N3O4. The molecule has 0 bridgehead atoms. The maximum Gasteiger partial charge on any atom is 0.317 e. The van der Waals surface area contributed by atoms with Crippen LogP contribution in [-0.2, 0) is 11.3 Å². The summed E-state index contributed by atoms with van der Waals surface area (Å²) in [6.45, 7) is 8.58. The fourth-order valence-corrected chi connectivity index (χ4v) is 3.08. The van der Waals surface area contributed by atoms with E-state index in [0.717, 1.165) is 62.8 Å². The minimum atomic E-state index is -0.00984. The molecule has 0 spiro atoms. The van der Waals surface area contributed by atoms with Crippen LogP contribution in [0.5, 0.6) is 11.5 Å². The Balaban J connectivity index is 1.60. The van der Waals surface area contributed by atoms with Gasteiger partial charge in [-0.2, -0.15) is 0 Å². The number of carbonyl (C=O) groups excluding carboxylic acids is 1. The van der Waals surface area contributed by atoms with Crippen molar-refractivity contribution in [2.45, 2.75) is 26.3 Å². The van der Waals surface area contributed by atoms with E-state index in [4.69, 9.17) is 14.2 Å². The van der Waals surface area contributed by atoms with Gasteiger partial charge in [-0.1, -0.05) is 19.4 Å². The van der Waals surface area contributed by atoms with Crippen molar-refractivity contribution < 1.29 is 19.0 Å². The van der Waals surface area contributed by atoms with Crippen molar-refractivity contribution >= 4 is 6.03 Å². The highest BCUT2D eigenvalue weighted by atomic mass is 16.7. The fraction of sp³-hybridized carbons (Fsp3) is 0.632. The Morgan fingerprint density at radius 1 is 1.23 bits per heavy atom. The second kappa shape index (κ2) is 9.64. The SMILES string of the molecule is CCCCNC(=O)N(CCN1CCOCC1)Cc1ccc2c(c1)OCO2. The van der Waals surface area contributed by atoms with Crippen molar-refractivity contribution in [1.82, 2.24) is 15.1 Å². The molecule has 1 aromatic carbocycles. The van der Waals surface area contributed by atoms with Gasteiger partial charge in [0.1, 0.15) is 0 Å². The Bertz CT molecular complexity index is 590. The molecule has 1 saturated heterocycles. The predicted octanol–water partition coefficient (Wildman–Crippen LogP) is 2.06. The van der Waals surface area contributed by atoms with Crippen LogP contribution < -0.4 is 14.8 Å². The zero-order valence-corrected chi connectivity index (χ0v) is 15.5. The largest absolute Gasteiger partial charge is 0.454 e. The van der Waals surface area contributed by atoms with E-state index in [2.05, 4.69) is 17.1 Å². The first-order chi connectivity index (χ1) is 12.8. The zero-order valence-electron chi connectivity index (χ0n) is 15.5. The van der Waals surface area contributed by atoms with Crippen molar-refractivity contribution in [3.63, 3.8) is 0 Å². The quantitative estimate of drug-likeness (QED) is 0.717. The number of hydrogen-bond acceptors (Lipinski definition) is 5. The lowest BCUT2D eigenvalue weighted by atomic mass is 10.2. The van der Waals surface area contributed by atoms with E-state index in [9.17, 15) is 4.79 Å². The van der Waals surface area contributed by atoms with Gasteiger partial charge in [-0.3, -0.25) is 4.90 Å². The number of ether oxygens (including phenoxy) is 3. The van der Waals surface area contributed by atoms with Gasteiger partial charge in [-0.15, -0.1) is 0 Å². The van der Waals surface area contributed by atoms with Gasteiger partial charge in [0.25, 0.3) is 0 Å². The first-order valence-corrected chi connectivity index (χ1v) is 9.47. The number of fused-ring (bicyclic) bond motifs is 1. The monoisotopic (exact) mass is 363 g/mol. The highest BCUT2D eigenvalue weighted by molar-refractivity contribution is 5.74. The summed E-state index contributed by atoms with van der Waals surface area (Å²) in [4.78, 5) is 16.9. The Morgan fingerprint density at radius 3 is 2.85 bits per heavy atom. The molecule has 2 aliphatic heterocycles. The van der Waals surface area contributed by atoms with Crippen molar-refractivity contribution in [3.8, 4) is 11.5 Å². The van der Waals surface area contributed by atoms with Gasteiger partial charge < -0.3 is 24.4 Å². The van der Waals surface area contributed by atoms with Crippen LogP contribution in [0.25, 0.3) is 0 Å². The van der Waals surface area contributed by atoms with Gasteiger partial charge in [-0.25, -0.2) is 4.79 Å². The highest BCUT2D eigenvalue weighted by Crippen LogP contribution is 2.32. The van der Waals surface area contributed by atoms with Gasteiger partial charge in [-0.05, 0) is 24.1 Å². The number of hydrogen-bond donors (Lipinski definition) is 1. The van der Waals surface area contributed by atoms with E-state index in [-0.39, 0.29) is 12.8 Å². The van der Waals surface area contributed by atoms with Crippen LogP contribution in [-0.4, -0.2) is 68.6 Å². The van der Waals surface area contributed by atoms with E-state index in [0.29, 0.717) is 19.6 Å². The number of morpholine rings is 1. The third kappa shape index (κ3) is 5.25. The molecule has 7 heteroatoms. The number of nitrogens with one attached hydrogen (secondary N) is 1. The smallest absolute Gasteiger partial charge is 0.317 e. The van der Waals surface area contributed by atoms with Crippen LogP contribution in [0.15, 0.2) is 18.2 Å². The number of unbranched alkanes of at least 4 members (excludes halogenated alkanes) is 1. The number of amides is 2. The summed E-state index contributed by atoms with van der Waals surface area (Å²) in [5, 5.41) is 3.03. The van der Waals surface area contributed by atoms with Crippen molar-refractivity contribution in [2.24, 2.45) is 0 Å². The summed E-state index contributed by atoms with van der Waals surface area (Å²) in [6.07, 6.45) is 2.06. The molecule has 0 unspecified atom stereocenters. The molecule has 0 radical (unpaired) electrons. The standard InChI is InChI=1S/C19H29N3O4/c1-2-3-6-20-19(23)22(8-7-21-9-11-24-12-10-21)14-16-4-5-17-18(13-16)26-15-25-17/h4-5,13H,2-3,6-12,14-15H2,1H3,(H,20,23). The molecule has 1 aromatic rings. The average molecular weight is 363 g/mol. The summed E-state index contributed by atoms with van der Waals surface area (Å²) < 4.78 is 16.2. The van der Waals surface area contributed by atoms with Crippen LogP contribution in [0.1, 0.15) is 25.3 Å². The topological polar surface area (TPSA) is 63.3 Å². The number of rotatable bonds is 8. The Labute approximate surface area is 155 Å². The van der Waals surface area contributed by atoms with Crippen LogP contribution in [0.2, 0.25) is 0 Å². The minimum absolute atomic E-state index is 0.00984. The number of nitrogens with zero attached hydrogens (tertiary/aromatic N) is 2. The summed E-state index contributed by atoms with van der Waals surface area (Å²) in [6, 6.07) is 5.86. The second-order valence-corrected chi connectivity index (χ2v) is 6.65. The summed E-state index contributed by atoms with van der Waals surface area (Å²) in [7, 11) is 0. The van der Waals surface area contributed by atoms with Crippen LogP contribution in [0.4, 0.5) is 4.79 Å². The van der Waals surface area contributed by atoms with Crippen LogP contribution in [0, 0.1) is 0 Å². The third-order valence-corrected chi connectivity index (χ3v) is 4.69. The first kappa shape index (κ1) is 18.8. The molecule has 0 aromatic heterocycles. The number of benzene rings is 1. The van der Waals surface area contributed by atoms with Crippen molar-refractivity contribution in [2.75, 3.05) is 52.7 Å². The molecular weight excluding hydrogens is 334 g/mol. The molecule has 144 valence electrons. The van der Waals surface area contributed by atoms with E-state index < -0.39 is 0 Å². The third-order valence-electron chi connectivity index (χ3n) is 4.69. The highest BCUT2D eigenvalue weighted by Gasteiger charge is 2.19. The van der Waals surface area contributed by atoms with Gasteiger partial charge >= 0.3 is 6.03 Å². The van der Waals surface area contributed by atoms with Gasteiger partial charge in [0.2, 0.25) is 6.79 Å². The summed E-state index contributed by atoms with van der Waals surface area (Å²) in [5.74, 6) is 1.52. The minimum Gasteiger partial charge on any atom is -0.454 e. The van der Waals surface area contributed by atoms with Crippen LogP contribution in [0.3, 0.4) is 0 Å². The van der Waals surface area contributed by atoms with E-state index >= 15 is 0 Å². The summed E-state index contributed by atoms with van der Waals surface area (Å²) >= 11 is 0. The normalized spacial score (nSPS) is 16.5. The molecule has 3 rings (SSSR count). The molecule has 2 heterocycles. The van der Waals surface area contributed by atoms with E-state index in [1.165, 1.54) is 0 Å². The maximum absolute atomic E-state index is 12.6. The Morgan fingerprint density at radius 2 is 2.04 bits per heavy atom. The average Bonchev–Trinajstić information content (AvgIpc) is 3.14. The van der Waals surface area contributed by atoms with Crippen LogP contribution >= 0.6 is 0 Å². The summed E-state index contributed by atoms with van der Waals surface area (Å²) in [5.41, 5.74) is 1.04. The molecule has 1 fully saturated rings. The molecule has 26 heavy (non-hydrogen) atoms. The first-order valence-electron chi connectivity index (χ1n) is 9.47. The second-order valence-electron chi connectivity index (χ2n) is 6.65. The molecule has 2 amide bonds. The van der Waals surface area contributed by atoms with Crippen molar-refractivity contribution in [1.29, 1.82) is 0 Å². The Hall–Kier alpha value is -1.99. The van der Waals surface area contributed by atoms with Gasteiger partial charge in [0.05, 0.1) is 13.2 Å². The lowest BCUT2D eigenvalue weighted by Crippen LogP contribution is -2.46. The number of urea groups is 1. The van der Waals surface area contributed by atoms with Crippen molar-refractivity contribution in [3.05, 3.63) is 23.8 Å².